The van der Waals surface area contributed by atoms with Gasteiger partial charge in [-0.15, -0.1) is 0 Å². The molecule has 0 aromatic heterocycles. The summed E-state index contributed by atoms with van der Waals surface area (Å²) in [5, 5.41) is 0. The Morgan fingerprint density at radius 3 is 2.48 bits per heavy atom. The van der Waals surface area contributed by atoms with Gasteiger partial charge in [0.25, 0.3) is 10.0 Å². The van der Waals surface area contributed by atoms with E-state index in [4.69, 9.17) is 5.73 Å². The topological polar surface area (TPSA) is 72.2 Å². The van der Waals surface area contributed by atoms with E-state index < -0.39 is 26.6 Å². The SMILES string of the molecule is Cc1cc(F)c(S(=O)(=O)Nc2ccc(F)cc2I)cc1N. The summed E-state index contributed by atoms with van der Waals surface area (Å²) in [6.45, 7) is 1.57. The van der Waals surface area contributed by atoms with Crippen LogP contribution >= 0.6 is 22.6 Å². The Balaban J connectivity index is 2.46. The van der Waals surface area contributed by atoms with Crippen LogP contribution in [0.3, 0.4) is 0 Å². The predicted molar refractivity (Wildman–Crippen MR) is 85.5 cm³/mol. The smallest absolute Gasteiger partial charge is 0.264 e. The lowest BCUT2D eigenvalue weighted by Gasteiger charge is -2.12. The van der Waals surface area contributed by atoms with E-state index in [9.17, 15) is 17.2 Å². The van der Waals surface area contributed by atoms with Crippen LogP contribution in [0.4, 0.5) is 20.2 Å². The molecule has 0 atom stereocenters. The van der Waals surface area contributed by atoms with E-state index in [1.54, 1.807) is 29.5 Å². The molecule has 2 rings (SSSR count). The van der Waals surface area contributed by atoms with Crippen molar-refractivity contribution in [1.82, 2.24) is 0 Å². The molecule has 8 heteroatoms. The molecular formula is C13H11F2IN2O2S. The molecule has 21 heavy (non-hydrogen) atoms. The fourth-order valence-corrected chi connectivity index (χ4v) is 3.62. The number of hydrogen-bond donors (Lipinski definition) is 2. The molecular weight excluding hydrogens is 413 g/mol. The van der Waals surface area contributed by atoms with E-state index in [0.29, 0.717) is 9.13 Å². The summed E-state index contributed by atoms with van der Waals surface area (Å²) in [6, 6.07) is 5.66. The highest BCUT2D eigenvalue weighted by Gasteiger charge is 2.21. The van der Waals surface area contributed by atoms with E-state index in [1.807, 2.05) is 0 Å². The van der Waals surface area contributed by atoms with Crippen LogP contribution in [0.25, 0.3) is 0 Å². The number of halogens is 3. The van der Waals surface area contributed by atoms with Gasteiger partial charge < -0.3 is 5.73 Å². The molecule has 0 spiro atoms. The molecule has 0 fully saturated rings. The summed E-state index contributed by atoms with van der Waals surface area (Å²) < 4.78 is 53.9. The average Bonchev–Trinajstić information content (AvgIpc) is 2.37. The third-order valence-corrected chi connectivity index (χ3v) is 5.06. The second kappa shape index (κ2) is 5.76. The van der Waals surface area contributed by atoms with Gasteiger partial charge in [-0.2, -0.15) is 0 Å². The zero-order chi connectivity index (χ0) is 15.8. The minimum atomic E-state index is -4.15. The Bertz CT molecular complexity index is 810. The van der Waals surface area contributed by atoms with Gasteiger partial charge in [0.05, 0.1) is 5.69 Å². The average molecular weight is 424 g/mol. The number of benzene rings is 2. The third kappa shape index (κ3) is 3.43. The number of sulfonamides is 1. The first-order valence-corrected chi connectivity index (χ1v) is 8.30. The molecule has 0 amide bonds. The summed E-state index contributed by atoms with van der Waals surface area (Å²) in [6.07, 6.45) is 0. The minimum Gasteiger partial charge on any atom is -0.398 e. The molecule has 2 aromatic rings. The van der Waals surface area contributed by atoms with Gasteiger partial charge in [-0.05, 0) is 65.4 Å². The summed E-state index contributed by atoms with van der Waals surface area (Å²) in [7, 11) is -4.15. The molecule has 2 aromatic carbocycles. The summed E-state index contributed by atoms with van der Waals surface area (Å²) in [5.41, 5.74) is 6.40. The van der Waals surface area contributed by atoms with Crippen LogP contribution in [-0.2, 0) is 10.0 Å². The first-order chi connectivity index (χ1) is 9.70. The van der Waals surface area contributed by atoms with Crippen molar-refractivity contribution in [2.45, 2.75) is 11.8 Å². The van der Waals surface area contributed by atoms with Crippen LogP contribution in [0, 0.1) is 22.1 Å². The molecule has 0 saturated heterocycles. The van der Waals surface area contributed by atoms with Crippen molar-refractivity contribution in [3.05, 3.63) is 51.1 Å². The molecule has 0 heterocycles. The lowest BCUT2D eigenvalue weighted by molar-refractivity contribution is 0.570. The molecule has 4 nitrogen and oxygen atoms in total. The van der Waals surface area contributed by atoms with Gasteiger partial charge in [0.1, 0.15) is 16.5 Å². The largest absolute Gasteiger partial charge is 0.398 e. The summed E-state index contributed by atoms with van der Waals surface area (Å²) in [5.74, 6) is -1.39. The van der Waals surface area contributed by atoms with Gasteiger partial charge in [0.15, 0.2) is 0 Å². The van der Waals surface area contributed by atoms with Crippen molar-refractivity contribution in [1.29, 1.82) is 0 Å². The first-order valence-electron chi connectivity index (χ1n) is 5.74. The Morgan fingerprint density at radius 2 is 1.86 bits per heavy atom. The van der Waals surface area contributed by atoms with Gasteiger partial charge in [0, 0.05) is 9.26 Å². The maximum Gasteiger partial charge on any atom is 0.264 e. The minimum absolute atomic E-state index is 0.163. The standard InChI is InChI=1S/C13H11F2IN2O2S/c1-7-4-9(15)13(6-11(7)17)21(19,20)18-12-3-2-8(14)5-10(12)16/h2-6,18H,17H2,1H3. The number of hydrogen-bond acceptors (Lipinski definition) is 3. The van der Waals surface area contributed by atoms with Crippen LogP contribution in [0.5, 0.6) is 0 Å². The maximum absolute atomic E-state index is 13.9. The summed E-state index contributed by atoms with van der Waals surface area (Å²) >= 11 is 1.78. The molecule has 0 radical (unpaired) electrons. The van der Waals surface area contributed by atoms with Crippen LogP contribution in [0.1, 0.15) is 5.56 Å². The molecule has 0 aliphatic carbocycles. The van der Waals surface area contributed by atoms with Crippen LogP contribution in [0.15, 0.2) is 35.2 Å². The fraction of sp³-hybridized carbons (Fsp3) is 0.0769. The third-order valence-electron chi connectivity index (χ3n) is 2.79. The van der Waals surface area contributed by atoms with Gasteiger partial charge in [-0.1, -0.05) is 0 Å². The highest BCUT2D eigenvalue weighted by atomic mass is 127. The van der Waals surface area contributed by atoms with E-state index >= 15 is 0 Å². The number of nitrogen functional groups attached to an aromatic ring is 1. The number of anilines is 2. The molecule has 0 aliphatic rings. The first kappa shape index (κ1) is 16.0. The van der Waals surface area contributed by atoms with E-state index in [0.717, 1.165) is 24.3 Å². The monoisotopic (exact) mass is 424 g/mol. The zero-order valence-electron chi connectivity index (χ0n) is 10.8. The van der Waals surface area contributed by atoms with Gasteiger partial charge in [-0.3, -0.25) is 4.72 Å². The number of aryl methyl sites for hydroxylation is 1. The Kier molecular flexibility index (Phi) is 4.38. The second-order valence-corrected chi connectivity index (χ2v) is 7.18. The van der Waals surface area contributed by atoms with Crippen LogP contribution in [0.2, 0.25) is 0 Å². The van der Waals surface area contributed by atoms with E-state index in [2.05, 4.69) is 4.72 Å². The number of rotatable bonds is 3. The fourth-order valence-electron chi connectivity index (χ4n) is 1.65. The van der Waals surface area contributed by atoms with Gasteiger partial charge in [-0.25, -0.2) is 17.2 Å². The highest BCUT2D eigenvalue weighted by molar-refractivity contribution is 14.1. The molecule has 3 N–H and O–H groups in total. The van der Waals surface area contributed by atoms with Crippen LogP contribution < -0.4 is 10.5 Å². The van der Waals surface area contributed by atoms with E-state index in [-0.39, 0.29) is 11.4 Å². The lowest BCUT2D eigenvalue weighted by Crippen LogP contribution is -2.16. The van der Waals surface area contributed by atoms with E-state index in [1.165, 1.54) is 6.07 Å². The van der Waals surface area contributed by atoms with Crippen molar-refractivity contribution < 1.29 is 17.2 Å². The Morgan fingerprint density at radius 1 is 1.19 bits per heavy atom. The molecule has 0 aliphatic heterocycles. The molecule has 0 unspecified atom stereocenters. The van der Waals surface area contributed by atoms with Crippen molar-refractivity contribution in [2.24, 2.45) is 0 Å². The van der Waals surface area contributed by atoms with Crippen molar-refractivity contribution in [3.63, 3.8) is 0 Å². The van der Waals surface area contributed by atoms with Crippen molar-refractivity contribution in [2.75, 3.05) is 10.5 Å². The number of nitrogens with two attached hydrogens (primary N) is 1. The second-order valence-electron chi connectivity index (χ2n) is 4.37. The Hall–Kier alpha value is -1.42. The molecule has 0 bridgehead atoms. The van der Waals surface area contributed by atoms with Gasteiger partial charge >= 0.3 is 0 Å². The Labute approximate surface area is 134 Å². The van der Waals surface area contributed by atoms with Crippen LogP contribution in [-0.4, -0.2) is 8.42 Å². The molecule has 0 saturated carbocycles. The molecule has 112 valence electrons. The summed E-state index contributed by atoms with van der Waals surface area (Å²) in [4.78, 5) is -0.550. The maximum atomic E-state index is 13.9. The van der Waals surface area contributed by atoms with Crippen molar-refractivity contribution >= 4 is 44.0 Å². The lowest BCUT2D eigenvalue weighted by atomic mass is 10.2. The van der Waals surface area contributed by atoms with Crippen molar-refractivity contribution in [3.8, 4) is 0 Å². The quantitative estimate of drug-likeness (QED) is 0.587. The normalized spacial score (nSPS) is 11.4. The predicted octanol–water partition coefficient (Wildman–Crippen LogP) is 3.26. The number of nitrogens with one attached hydrogen (secondary N) is 1. The van der Waals surface area contributed by atoms with Gasteiger partial charge in [0.2, 0.25) is 0 Å². The highest BCUT2D eigenvalue weighted by Crippen LogP contribution is 2.26. The zero-order valence-corrected chi connectivity index (χ0v) is 13.8.